The minimum atomic E-state index is -0.0883. The third kappa shape index (κ3) is 5.06. The molecule has 2 amide bonds. The maximum atomic E-state index is 13.3. The van der Waals surface area contributed by atoms with Crippen molar-refractivity contribution in [1.82, 2.24) is 10.2 Å². The number of rotatable bonds is 6. The quantitative estimate of drug-likeness (QED) is 0.613. The Morgan fingerprint density at radius 1 is 0.969 bits per heavy atom. The van der Waals surface area contributed by atoms with E-state index in [0.717, 1.165) is 48.4 Å². The number of benzene rings is 3. The molecule has 0 saturated carbocycles. The lowest BCUT2D eigenvalue weighted by molar-refractivity contribution is -0.119. The second-order valence-corrected chi connectivity index (χ2v) is 8.31. The summed E-state index contributed by atoms with van der Waals surface area (Å²) in [6, 6.07) is 22.2. The third-order valence-corrected chi connectivity index (χ3v) is 5.94. The molecule has 4 rings (SSSR count). The van der Waals surface area contributed by atoms with Crippen LogP contribution in [-0.4, -0.2) is 36.3 Å². The predicted molar refractivity (Wildman–Crippen MR) is 129 cm³/mol. The van der Waals surface area contributed by atoms with Crippen molar-refractivity contribution in [3.63, 3.8) is 0 Å². The smallest absolute Gasteiger partial charge is 0.256 e. The average molecular weight is 428 g/mol. The first kappa shape index (κ1) is 21.8. The highest BCUT2D eigenvalue weighted by Gasteiger charge is 2.19. The van der Waals surface area contributed by atoms with E-state index in [1.54, 1.807) is 6.92 Å². The zero-order chi connectivity index (χ0) is 22.5. The number of fused-ring (bicyclic) bond motifs is 1. The molecule has 0 bridgehead atoms. The molecule has 2 N–H and O–H groups in total. The molecule has 1 aliphatic heterocycles. The summed E-state index contributed by atoms with van der Waals surface area (Å²) >= 11 is 0. The summed E-state index contributed by atoms with van der Waals surface area (Å²) in [5, 5.41) is 5.97. The summed E-state index contributed by atoms with van der Waals surface area (Å²) in [7, 11) is 0. The Labute approximate surface area is 189 Å². The largest absolute Gasteiger partial charge is 0.355 e. The topological polar surface area (TPSA) is 61.4 Å². The van der Waals surface area contributed by atoms with Gasteiger partial charge in [-0.1, -0.05) is 54.6 Å². The van der Waals surface area contributed by atoms with Gasteiger partial charge in [0.05, 0.1) is 5.56 Å². The lowest BCUT2D eigenvalue weighted by Gasteiger charge is -2.29. The van der Waals surface area contributed by atoms with Crippen LogP contribution >= 0.6 is 0 Å². The number of nitrogens with zero attached hydrogens (tertiary/aromatic N) is 1. The summed E-state index contributed by atoms with van der Waals surface area (Å²) in [6.07, 6.45) is 0.929. The molecule has 0 aromatic heterocycles. The number of aryl methyl sites for hydroxylation is 1. The van der Waals surface area contributed by atoms with E-state index in [1.807, 2.05) is 61.5 Å². The number of hydrogen-bond acceptors (Lipinski definition) is 3. The number of carbonyl (C=O) groups excluding carboxylic acids is 2. The van der Waals surface area contributed by atoms with E-state index in [0.29, 0.717) is 12.1 Å². The van der Waals surface area contributed by atoms with Gasteiger partial charge < -0.3 is 10.6 Å². The van der Waals surface area contributed by atoms with Crippen molar-refractivity contribution in [2.75, 3.05) is 25.0 Å². The minimum Gasteiger partial charge on any atom is -0.355 e. The molecule has 164 valence electrons. The zero-order valence-corrected chi connectivity index (χ0v) is 18.7. The van der Waals surface area contributed by atoms with Crippen molar-refractivity contribution in [1.29, 1.82) is 0 Å². The van der Waals surface area contributed by atoms with E-state index in [-0.39, 0.29) is 11.8 Å². The third-order valence-electron chi connectivity index (χ3n) is 5.94. The molecule has 5 heteroatoms. The van der Waals surface area contributed by atoms with Gasteiger partial charge in [-0.05, 0) is 53.3 Å². The fraction of sp³-hybridized carbons (Fsp3) is 0.259. The van der Waals surface area contributed by atoms with E-state index in [2.05, 4.69) is 27.7 Å². The normalized spacial score (nSPS) is 13.3. The molecule has 0 fully saturated rings. The monoisotopic (exact) mass is 427 g/mol. The van der Waals surface area contributed by atoms with Crippen molar-refractivity contribution >= 4 is 17.5 Å². The van der Waals surface area contributed by atoms with Gasteiger partial charge in [0.25, 0.3) is 5.91 Å². The molecule has 0 spiro atoms. The molecule has 0 unspecified atom stereocenters. The van der Waals surface area contributed by atoms with Crippen LogP contribution in [0, 0.1) is 6.92 Å². The van der Waals surface area contributed by atoms with E-state index < -0.39 is 0 Å². The van der Waals surface area contributed by atoms with Gasteiger partial charge in [-0.15, -0.1) is 0 Å². The van der Waals surface area contributed by atoms with Crippen molar-refractivity contribution in [3.8, 4) is 11.1 Å². The molecule has 3 aromatic carbocycles. The van der Waals surface area contributed by atoms with Crippen molar-refractivity contribution < 1.29 is 9.59 Å². The van der Waals surface area contributed by atoms with Crippen LogP contribution < -0.4 is 10.6 Å². The summed E-state index contributed by atoms with van der Waals surface area (Å²) in [5.74, 6) is -0.0819. The Hall–Kier alpha value is -3.44. The van der Waals surface area contributed by atoms with Crippen LogP contribution in [-0.2, 0) is 17.8 Å². The Kier molecular flexibility index (Phi) is 6.66. The fourth-order valence-electron chi connectivity index (χ4n) is 4.29. The first-order valence-corrected chi connectivity index (χ1v) is 11.1. The molecule has 0 radical (unpaired) electrons. The number of hydrogen-bond donors (Lipinski definition) is 2. The minimum absolute atomic E-state index is 0.00636. The lowest BCUT2D eigenvalue weighted by atomic mass is 9.95. The molecule has 5 nitrogen and oxygen atoms in total. The SMILES string of the molecule is CC(=O)NCCN1CCc2cc(NC(=O)c3c(C)cccc3-c3ccccc3)ccc2C1. The van der Waals surface area contributed by atoms with Gasteiger partial charge in [0, 0.05) is 38.8 Å². The zero-order valence-electron chi connectivity index (χ0n) is 18.7. The molecule has 3 aromatic rings. The van der Waals surface area contributed by atoms with Gasteiger partial charge in [-0.3, -0.25) is 14.5 Å². The van der Waals surface area contributed by atoms with Gasteiger partial charge in [0.2, 0.25) is 5.91 Å². The van der Waals surface area contributed by atoms with Crippen LogP contribution in [0.5, 0.6) is 0 Å². The number of nitrogens with one attached hydrogen (secondary N) is 2. The Balaban J connectivity index is 1.49. The molecule has 1 heterocycles. The number of amides is 2. The molecule has 1 aliphatic rings. The van der Waals surface area contributed by atoms with E-state index >= 15 is 0 Å². The molecular weight excluding hydrogens is 398 g/mol. The lowest BCUT2D eigenvalue weighted by Crippen LogP contribution is -2.37. The van der Waals surface area contributed by atoms with Gasteiger partial charge in [-0.2, -0.15) is 0 Å². The molecule has 32 heavy (non-hydrogen) atoms. The van der Waals surface area contributed by atoms with Gasteiger partial charge in [0.1, 0.15) is 0 Å². The van der Waals surface area contributed by atoms with Crippen LogP contribution in [0.1, 0.15) is 34.0 Å². The van der Waals surface area contributed by atoms with E-state index in [9.17, 15) is 9.59 Å². The summed E-state index contributed by atoms with van der Waals surface area (Å²) in [5.41, 5.74) is 7.01. The van der Waals surface area contributed by atoms with Crippen LogP contribution in [0.3, 0.4) is 0 Å². The maximum absolute atomic E-state index is 13.3. The standard InChI is InChI=1S/C27H29N3O2/c1-19-7-6-10-25(21-8-4-3-5-9-21)26(19)27(32)29-24-12-11-23-18-30(15-13-22(23)17-24)16-14-28-20(2)31/h3-12,17H,13-16,18H2,1-2H3,(H,28,31)(H,29,32). The molecule has 0 atom stereocenters. The Morgan fingerprint density at radius 3 is 2.56 bits per heavy atom. The van der Waals surface area contributed by atoms with Gasteiger partial charge >= 0.3 is 0 Å². The van der Waals surface area contributed by atoms with Gasteiger partial charge in [0.15, 0.2) is 0 Å². The van der Waals surface area contributed by atoms with Crippen LogP contribution in [0.25, 0.3) is 11.1 Å². The number of carbonyl (C=O) groups is 2. The summed E-state index contributed by atoms with van der Waals surface area (Å²) in [4.78, 5) is 26.7. The van der Waals surface area contributed by atoms with E-state index in [4.69, 9.17) is 0 Å². The van der Waals surface area contributed by atoms with Crippen LogP contribution in [0.2, 0.25) is 0 Å². The predicted octanol–water partition coefficient (Wildman–Crippen LogP) is 4.41. The maximum Gasteiger partial charge on any atom is 0.256 e. The van der Waals surface area contributed by atoms with Crippen molar-refractivity contribution in [2.45, 2.75) is 26.8 Å². The average Bonchev–Trinajstić information content (AvgIpc) is 2.79. The van der Waals surface area contributed by atoms with Crippen molar-refractivity contribution in [2.24, 2.45) is 0 Å². The second-order valence-electron chi connectivity index (χ2n) is 8.31. The van der Waals surface area contributed by atoms with Gasteiger partial charge in [-0.25, -0.2) is 0 Å². The second kappa shape index (κ2) is 9.79. The van der Waals surface area contributed by atoms with Crippen LogP contribution in [0.15, 0.2) is 66.7 Å². The Bertz CT molecular complexity index is 1130. The molecular formula is C27H29N3O2. The summed E-state index contributed by atoms with van der Waals surface area (Å²) in [6.45, 7) is 6.83. The summed E-state index contributed by atoms with van der Waals surface area (Å²) < 4.78 is 0. The fourth-order valence-corrected chi connectivity index (χ4v) is 4.29. The molecule has 0 aliphatic carbocycles. The highest BCUT2D eigenvalue weighted by atomic mass is 16.2. The first-order chi connectivity index (χ1) is 15.5. The molecule has 0 saturated heterocycles. The van der Waals surface area contributed by atoms with E-state index in [1.165, 1.54) is 11.1 Å². The van der Waals surface area contributed by atoms with Crippen LogP contribution in [0.4, 0.5) is 5.69 Å². The highest BCUT2D eigenvalue weighted by molar-refractivity contribution is 6.09. The highest BCUT2D eigenvalue weighted by Crippen LogP contribution is 2.28. The first-order valence-electron chi connectivity index (χ1n) is 11.1. The Morgan fingerprint density at radius 2 is 1.78 bits per heavy atom. The van der Waals surface area contributed by atoms with Crippen molar-refractivity contribution in [3.05, 3.63) is 89.0 Å². The number of anilines is 1.